The van der Waals surface area contributed by atoms with Crippen LogP contribution in [0, 0.1) is 0 Å². The van der Waals surface area contributed by atoms with Crippen LogP contribution in [-0.2, 0) is 0 Å². The Kier molecular flexibility index (Phi) is 14.2. The topological polar surface area (TPSA) is 0 Å². The van der Waals surface area contributed by atoms with Crippen molar-refractivity contribution in [2.24, 2.45) is 0 Å². The fourth-order valence-electron chi connectivity index (χ4n) is 5.78. The summed E-state index contributed by atoms with van der Waals surface area (Å²) >= 11 is 0. The molecule has 0 aliphatic rings. The lowest BCUT2D eigenvalue weighted by Gasteiger charge is -2.37. The van der Waals surface area contributed by atoms with Crippen LogP contribution in [0.1, 0.15) is 110 Å². The highest BCUT2D eigenvalue weighted by molar-refractivity contribution is 5.70. The maximum atomic E-state index is 2.30. The minimum absolute atomic E-state index is 0.793. The smallest absolute Gasteiger partial charge is 0.143 e. The van der Waals surface area contributed by atoms with Crippen LogP contribution in [0.5, 0.6) is 0 Å². The monoisotopic (exact) mass is 498 g/mol. The number of unbranched alkanes of at least 4 members (excludes halogenated alkanes) is 15. The van der Waals surface area contributed by atoms with Crippen LogP contribution in [-0.4, -0.2) is 6.54 Å². The Morgan fingerprint density at radius 3 is 0.919 bits per heavy atom. The summed E-state index contributed by atoms with van der Waals surface area (Å²) in [6.07, 6.45) is 22.5. The normalized spacial score (nSPS) is 11.6. The molecule has 0 saturated heterocycles. The van der Waals surface area contributed by atoms with Crippen LogP contribution >= 0.6 is 0 Å². The molecule has 0 radical (unpaired) electrons. The van der Waals surface area contributed by atoms with E-state index in [1.165, 1.54) is 120 Å². The summed E-state index contributed by atoms with van der Waals surface area (Å²) in [4.78, 5) is 0. The Balaban J connectivity index is 1.41. The lowest BCUT2D eigenvalue weighted by Crippen LogP contribution is -2.39. The molecule has 0 aliphatic heterocycles. The summed E-state index contributed by atoms with van der Waals surface area (Å²) in [5.74, 6) is 0. The van der Waals surface area contributed by atoms with Gasteiger partial charge >= 0.3 is 0 Å². The fraction of sp³-hybridized carbons (Fsp3) is 0.500. The van der Waals surface area contributed by atoms with Gasteiger partial charge in [-0.15, -0.1) is 0 Å². The minimum Gasteiger partial charge on any atom is -0.227 e. The van der Waals surface area contributed by atoms with Crippen LogP contribution in [0.4, 0.5) is 17.1 Å². The fourth-order valence-corrected chi connectivity index (χ4v) is 5.78. The third-order valence-electron chi connectivity index (χ3n) is 7.94. The van der Waals surface area contributed by atoms with E-state index < -0.39 is 0 Å². The van der Waals surface area contributed by atoms with Crippen molar-refractivity contribution in [3.8, 4) is 0 Å². The molecule has 0 atom stereocenters. The molecule has 0 amide bonds. The van der Waals surface area contributed by atoms with Gasteiger partial charge in [-0.05, 0) is 49.2 Å². The standard InChI is InChI=1S/C36H52N/c1-2-3-4-5-6-7-8-9-10-11-12-13-14-15-16-26-33-37(34-27-20-17-21-28-34,35-29-22-18-23-30-35)36-31-24-19-25-32-36/h17-25,27-32H,2-16,26,33H2,1H3/q+1. The van der Waals surface area contributed by atoms with E-state index in [-0.39, 0.29) is 0 Å². The van der Waals surface area contributed by atoms with E-state index in [1.54, 1.807) is 0 Å². The molecule has 0 N–H and O–H groups in total. The molecule has 0 fully saturated rings. The number of benzene rings is 3. The number of rotatable bonds is 20. The predicted octanol–water partition coefficient (Wildman–Crippen LogP) is 11.9. The molecule has 0 bridgehead atoms. The van der Waals surface area contributed by atoms with Gasteiger partial charge in [-0.2, -0.15) is 0 Å². The number of para-hydroxylation sites is 3. The predicted molar refractivity (Wildman–Crippen MR) is 165 cm³/mol. The van der Waals surface area contributed by atoms with Crippen molar-refractivity contribution in [1.29, 1.82) is 0 Å². The molecule has 3 aromatic carbocycles. The maximum Gasteiger partial charge on any atom is 0.143 e. The molecule has 0 unspecified atom stereocenters. The van der Waals surface area contributed by atoms with E-state index in [0.717, 1.165) is 11.0 Å². The molecule has 0 aromatic heterocycles. The van der Waals surface area contributed by atoms with Gasteiger partial charge in [0.1, 0.15) is 17.1 Å². The van der Waals surface area contributed by atoms with Crippen molar-refractivity contribution in [2.45, 2.75) is 110 Å². The Hall–Kier alpha value is -2.38. The van der Waals surface area contributed by atoms with Gasteiger partial charge in [0.15, 0.2) is 0 Å². The largest absolute Gasteiger partial charge is 0.227 e. The first kappa shape index (κ1) is 29.2. The average molecular weight is 499 g/mol. The molecule has 1 nitrogen and oxygen atoms in total. The maximum absolute atomic E-state index is 2.30. The molecule has 0 saturated carbocycles. The second-order valence-electron chi connectivity index (χ2n) is 10.8. The average Bonchev–Trinajstić information content (AvgIpc) is 2.96. The first-order valence-electron chi connectivity index (χ1n) is 15.4. The second kappa shape index (κ2) is 18.0. The van der Waals surface area contributed by atoms with Gasteiger partial charge in [-0.1, -0.05) is 151 Å². The molecule has 3 aromatic rings. The molecule has 200 valence electrons. The van der Waals surface area contributed by atoms with Crippen molar-refractivity contribution >= 4 is 17.1 Å². The third kappa shape index (κ3) is 9.78. The Morgan fingerprint density at radius 1 is 0.351 bits per heavy atom. The van der Waals surface area contributed by atoms with Crippen LogP contribution in [0.15, 0.2) is 91.0 Å². The Morgan fingerprint density at radius 2 is 0.622 bits per heavy atom. The highest BCUT2D eigenvalue weighted by Crippen LogP contribution is 2.43. The Bertz CT molecular complexity index is 822. The summed E-state index contributed by atoms with van der Waals surface area (Å²) in [6.45, 7) is 3.39. The molecule has 0 aliphatic carbocycles. The van der Waals surface area contributed by atoms with Gasteiger partial charge in [0.2, 0.25) is 0 Å². The molecule has 0 heterocycles. The zero-order valence-corrected chi connectivity index (χ0v) is 23.6. The van der Waals surface area contributed by atoms with Gasteiger partial charge in [-0.3, -0.25) is 0 Å². The van der Waals surface area contributed by atoms with E-state index in [0.29, 0.717) is 0 Å². The Labute approximate surface area is 228 Å². The van der Waals surface area contributed by atoms with Crippen molar-refractivity contribution in [1.82, 2.24) is 4.48 Å². The minimum atomic E-state index is 0.793. The zero-order chi connectivity index (χ0) is 25.9. The van der Waals surface area contributed by atoms with Crippen molar-refractivity contribution in [3.63, 3.8) is 0 Å². The van der Waals surface area contributed by atoms with E-state index in [4.69, 9.17) is 0 Å². The molecular formula is C36H52N+. The van der Waals surface area contributed by atoms with Crippen LogP contribution in [0.3, 0.4) is 0 Å². The summed E-state index contributed by atoms with van der Waals surface area (Å²) < 4.78 is 0.793. The van der Waals surface area contributed by atoms with Gasteiger partial charge in [0, 0.05) is 0 Å². The van der Waals surface area contributed by atoms with Gasteiger partial charge in [-0.25, -0.2) is 4.48 Å². The summed E-state index contributed by atoms with van der Waals surface area (Å²) in [6, 6.07) is 33.3. The summed E-state index contributed by atoms with van der Waals surface area (Å²) in [5, 5.41) is 0. The molecular weight excluding hydrogens is 446 g/mol. The van der Waals surface area contributed by atoms with E-state index in [9.17, 15) is 0 Å². The number of nitrogens with zero attached hydrogens (tertiary/aromatic N) is 1. The lowest BCUT2D eigenvalue weighted by atomic mass is 10.0. The van der Waals surface area contributed by atoms with E-state index in [2.05, 4.69) is 97.9 Å². The van der Waals surface area contributed by atoms with Crippen LogP contribution in [0.2, 0.25) is 0 Å². The second-order valence-corrected chi connectivity index (χ2v) is 10.8. The van der Waals surface area contributed by atoms with E-state index in [1.807, 2.05) is 0 Å². The number of quaternary nitrogens is 1. The first-order chi connectivity index (χ1) is 18.4. The van der Waals surface area contributed by atoms with Gasteiger partial charge < -0.3 is 0 Å². The lowest BCUT2D eigenvalue weighted by molar-refractivity contribution is 0.472. The third-order valence-corrected chi connectivity index (χ3v) is 7.94. The molecule has 37 heavy (non-hydrogen) atoms. The van der Waals surface area contributed by atoms with Crippen molar-refractivity contribution in [3.05, 3.63) is 91.0 Å². The molecule has 3 rings (SSSR count). The van der Waals surface area contributed by atoms with Gasteiger partial charge in [0.05, 0.1) is 6.54 Å². The summed E-state index contributed by atoms with van der Waals surface area (Å²) in [7, 11) is 0. The highest BCUT2D eigenvalue weighted by Gasteiger charge is 2.35. The molecule has 0 spiro atoms. The van der Waals surface area contributed by atoms with Crippen LogP contribution in [0.25, 0.3) is 0 Å². The molecule has 1 heteroatoms. The number of hydrogen-bond donors (Lipinski definition) is 0. The highest BCUT2D eigenvalue weighted by atomic mass is 15.4. The SMILES string of the molecule is CCCCCCCCCCCCCCCCCC[N+](c1ccccc1)(c1ccccc1)c1ccccc1. The first-order valence-corrected chi connectivity index (χ1v) is 15.4. The van der Waals surface area contributed by atoms with Gasteiger partial charge in [0.25, 0.3) is 0 Å². The zero-order valence-electron chi connectivity index (χ0n) is 23.6. The van der Waals surface area contributed by atoms with Crippen molar-refractivity contribution < 1.29 is 0 Å². The summed E-state index contributed by atoms with van der Waals surface area (Å²) in [5.41, 5.74) is 4.04. The number of hydrogen-bond acceptors (Lipinski definition) is 0. The van der Waals surface area contributed by atoms with Crippen molar-refractivity contribution in [2.75, 3.05) is 6.54 Å². The quantitative estimate of drug-likeness (QED) is 0.107. The van der Waals surface area contributed by atoms with Crippen LogP contribution < -0.4 is 4.48 Å². The van der Waals surface area contributed by atoms with E-state index >= 15 is 0 Å².